The number of carbonyl (C=O) groups excluding carboxylic acids is 1. The zero-order chi connectivity index (χ0) is 13.2. The normalized spacial score (nSPS) is 22.5. The third-order valence-corrected chi connectivity index (χ3v) is 3.27. The maximum Gasteiger partial charge on any atom is 0.231 e. The summed E-state index contributed by atoms with van der Waals surface area (Å²) in [5.41, 5.74) is -0.370. The van der Waals surface area contributed by atoms with Crippen LogP contribution < -0.4 is 10.6 Å². The minimum absolute atomic E-state index is 0. The first kappa shape index (κ1) is 15.9. The summed E-state index contributed by atoms with van der Waals surface area (Å²) in [4.78, 5) is 12.1. The molecule has 0 aliphatic carbocycles. The maximum absolute atomic E-state index is 13.0. The Morgan fingerprint density at radius 1 is 1.32 bits per heavy atom. The summed E-state index contributed by atoms with van der Waals surface area (Å²) in [5.74, 6) is -1.60. The van der Waals surface area contributed by atoms with Crippen molar-refractivity contribution < 1.29 is 13.6 Å². The minimum Gasteiger partial charge on any atom is -0.325 e. The molecule has 0 aromatic heterocycles. The molecule has 1 aliphatic rings. The Morgan fingerprint density at radius 3 is 2.47 bits per heavy atom. The second-order valence-electron chi connectivity index (χ2n) is 4.95. The summed E-state index contributed by atoms with van der Waals surface area (Å²) in [6.07, 6.45) is 1.69. The van der Waals surface area contributed by atoms with Crippen LogP contribution in [0.25, 0.3) is 0 Å². The highest BCUT2D eigenvalue weighted by molar-refractivity contribution is 5.95. The van der Waals surface area contributed by atoms with Crippen molar-refractivity contribution in [1.82, 2.24) is 5.32 Å². The van der Waals surface area contributed by atoms with Crippen molar-refractivity contribution in [2.75, 3.05) is 18.4 Å². The zero-order valence-electron chi connectivity index (χ0n) is 10.6. The summed E-state index contributed by atoms with van der Waals surface area (Å²) < 4.78 is 26.0. The van der Waals surface area contributed by atoms with Crippen LogP contribution in [0.3, 0.4) is 0 Å². The van der Waals surface area contributed by atoms with E-state index in [1.807, 2.05) is 6.92 Å². The molecule has 0 spiro atoms. The van der Waals surface area contributed by atoms with Crippen LogP contribution in [-0.4, -0.2) is 19.0 Å². The van der Waals surface area contributed by atoms with E-state index in [-0.39, 0.29) is 24.0 Å². The molecule has 1 aliphatic heterocycles. The smallest absolute Gasteiger partial charge is 0.231 e. The number of hydrogen-bond donors (Lipinski definition) is 2. The van der Waals surface area contributed by atoms with Gasteiger partial charge in [-0.2, -0.15) is 0 Å². The predicted molar refractivity (Wildman–Crippen MR) is 72.4 cm³/mol. The predicted octanol–water partition coefficient (Wildman–Crippen LogP) is 2.71. The van der Waals surface area contributed by atoms with Crippen LogP contribution in [0.1, 0.15) is 19.8 Å². The first-order valence-corrected chi connectivity index (χ1v) is 5.98. The number of hydrogen-bond acceptors (Lipinski definition) is 2. The fourth-order valence-electron chi connectivity index (χ4n) is 2.16. The van der Waals surface area contributed by atoms with Crippen LogP contribution in [0.5, 0.6) is 0 Å². The Labute approximate surface area is 117 Å². The van der Waals surface area contributed by atoms with Gasteiger partial charge in [-0.05, 0) is 38.4 Å². The minimum atomic E-state index is -0.697. The van der Waals surface area contributed by atoms with Crippen LogP contribution in [0.15, 0.2) is 18.2 Å². The Hall–Kier alpha value is -1.20. The second-order valence-corrected chi connectivity index (χ2v) is 4.95. The maximum atomic E-state index is 13.0. The largest absolute Gasteiger partial charge is 0.325 e. The molecule has 0 bridgehead atoms. The molecular formula is C13H17ClF2N2O. The monoisotopic (exact) mass is 290 g/mol. The Balaban J connectivity index is 0.00000180. The van der Waals surface area contributed by atoms with Crippen molar-refractivity contribution in [1.29, 1.82) is 0 Å². The van der Waals surface area contributed by atoms with Crippen molar-refractivity contribution in [3.63, 3.8) is 0 Å². The lowest BCUT2D eigenvalue weighted by molar-refractivity contribution is -0.125. The molecule has 0 radical (unpaired) electrons. The van der Waals surface area contributed by atoms with E-state index in [1.165, 1.54) is 0 Å². The molecular weight excluding hydrogens is 274 g/mol. The Kier molecular flexibility index (Phi) is 5.26. The summed E-state index contributed by atoms with van der Waals surface area (Å²) in [6.45, 7) is 3.33. The summed E-state index contributed by atoms with van der Waals surface area (Å²) in [7, 11) is 0. The van der Waals surface area contributed by atoms with Gasteiger partial charge in [0.1, 0.15) is 11.6 Å². The van der Waals surface area contributed by atoms with E-state index in [0.717, 1.165) is 37.6 Å². The van der Waals surface area contributed by atoms with Gasteiger partial charge in [-0.3, -0.25) is 4.79 Å². The SMILES string of the molecule is CC1(C(=O)Nc2cc(F)cc(F)c2)CCCNC1.Cl. The average molecular weight is 291 g/mol. The van der Waals surface area contributed by atoms with Gasteiger partial charge in [-0.15, -0.1) is 12.4 Å². The quantitative estimate of drug-likeness (QED) is 0.879. The van der Waals surface area contributed by atoms with Gasteiger partial charge >= 0.3 is 0 Å². The van der Waals surface area contributed by atoms with Gasteiger partial charge in [-0.25, -0.2) is 8.78 Å². The van der Waals surface area contributed by atoms with Crippen LogP contribution in [0, 0.1) is 17.0 Å². The molecule has 3 nitrogen and oxygen atoms in total. The van der Waals surface area contributed by atoms with Gasteiger partial charge in [0.25, 0.3) is 0 Å². The zero-order valence-corrected chi connectivity index (χ0v) is 11.4. The van der Waals surface area contributed by atoms with Gasteiger partial charge in [0.2, 0.25) is 5.91 Å². The van der Waals surface area contributed by atoms with Gasteiger partial charge in [-0.1, -0.05) is 0 Å². The first-order chi connectivity index (χ1) is 8.49. The molecule has 1 fully saturated rings. The van der Waals surface area contributed by atoms with Crippen LogP contribution >= 0.6 is 12.4 Å². The number of nitrogens with one attached hydrogen (secondary N) is 2. The highest BCUT2D eigenvalue weighted by Crippen LogP contribution is 2.27. The standard InChI is InChI=1S/C13H16F2N2O.ClH/c1-13(3-2-4-16-8-13)12(18)17-11-6-9(14)5-10(15)7-11;/h5-7,16H,2-4,8H2,1H3,(H,17,18);1H. The lowest BCUT2D eigenvalue weighted by Gasteiger charge is -2.32. The van der Waals surface area contributed by atoms with E-state index < -0.39 is 17.0 Å². The number of halogens is 3. The van der Waals surface area contributed by atoms with Crippen molar-refractivity contribution in [2.24, 2.45) is 5.41 Å². The van der Waals surface area contributed by atoms with E-state index in [1.54, 1.807) is 0 Å². The third kappa shape index (κ3) is 3.88. The number of rotatable bonds is 2. The van der Waals surface area contributed by atoms with E-state index in [9.17, 15) is 13.6 Å². The van der Waals surface area contributed by atoms with E-state index in [4.69, 9.17) is 0 Å². The van der Waals surface area contributed by atoms with Crippen molar-refractivity contribution in [3.05, 3.63) is 29.8 Å². The number of carbonyl (C=O) groups is 1. The summed E-state index contributed by atoms with van der Waals surface area (Å²) >= 11 is 0. The topological polar surface area (TPSA) is 41.1 Å². The molecule has 1 atom stereocenters. The lowest BCUT2D eigenvalue weighted by Crippen LogP contribution is -2.46. The highest BCUT2D eigenvalue weighted by atomic mass is 35.5. The molecule has 1 saturated heterocycles. The highest BCUT2D eigenvalue weighted by Gasteiger charge is 2.34. The Morgan fingerprint density at radius 2 is 1.95 bits per heavy atom. The summed E-state index contributed by atoms with van der Waals surface area (Å²) in [5, 5.41) is 5.73. The first-order valence-electron chi connectivity index (χ1n) is 5.98. The van der Waals surface area contributed by atoms with Gasteiger partial charge in [0, 0.05) is 18.3 Å². The van der Waals surface area contributed by atoms with Crippen LogP contribution in [-0.2, 0) is 4.79 Å². The van der Waals surface area contributed by atoms with Gasteiger partial charge in [0.05, 0.1) is 5.41 Å². The number of amides is 1. The Bertz CT molecular complexity index is 442. The molecule has 1 amide bonds. The molecule has 1 unspecified atom stereocenters. The molecule has 1 aromatic rings. The van der Waals surface area contributed by atoms with Crippen LogP contribution in [0.4, 0.5) is 14.5 Å². The molecule has 2 rings (SSSR count). The van der Waals surface area contributed by atoms with Crippen molar-refractivity contribution in [3.8, 4) is 0 Å². The van der Waals surface area contributed by atoms with Crippen LogP contribution in [0.2, 0.25) is 0 Å². The van der Waals surface area contributed by atoms with E-state index >= 15 is 0 Å². The average Bonchev–Trinajstić information content (AvgIpc) is 2.28. The molecule has 1 heterocycles. The van der Waals surface area contributed by atoms with Crippen molar-refractivity contribution in [2.45, 2.75) is 19.8 Å². The fourth-order valence-corrected chi connectivity index (χ4v) is 2.16. The van der Waals surface area contributed by atoms with Gasteiger partial charge < -0.3 is 10.6 Å². The second kappa shape index (κ2) is 6.30. The van der Waals surface area contributed by atoms with E-state index in [0.29, 0.717) is 6.54 Å². The number of benzene rings is 1. The molecule has 106 valence electrons. The lowest BCUT2D eigenvalue weighted by atomic mass is 9.82. The number of piperidine rings is 1. The molecule has 1 aromatic carbocycles. The molecule has 2 N–H and O–H groups in total. The molecule has 0 saturated carbocycles. The summed E-state index contributed by atoms with van der Waals surface area (Å²) in [6, 6.07) is 3.00. The van der Waals surface area contributed by atoms with Gasteiger partial charge in [0.15, 0.2) is 0 Å². The molecule has 6 heteroatoms. The third-order valence-electron chi connectivity index (χ3n) is 3.27. The molecule has 19 heavy (non-hydrogen) atoms. The van der Waals surface area contributed by atoms with Crippen molar-refractivity contribution >= 4 is 24.0 Å². The van der Waals surface area contributed by atoms with E-state index in [2.05, 4.69) is 10.6 Å². The fraction of sp³-hybridized carbons (Fsp3) is 0.462. The number of anilines is 1.